The molecule has 5 heterocycles. The van der Waals surface area contributed by atoms with Crippen LogP contribution >= 0.6 is 11.3 Å². The van der Waals surface area contributed by atoms with Crippen LogP contribution in [0.4, 0.5) is 10.5 Å². The lowest BCUT2D eigenvalue weighted by Crippen LogP contribution is -2.37. The summed E-state index contributed by atoms with van der Waals surface area (Å²) in [5, 5.41) is 2.70. The molecular formula is C24H28N6O3S. The molecule has 0 saturated carbocycles. The predicted molar refractivity (Wildman–Crippen MR) is 134 cm³/mol. The molecule has 1 fully saturated rings. The number of fused-ring (bicyclic) bond motifs is 2. The van der Waals surface area contributed by atoms with Gasteiger partial charge in [-0.25, -0.2) is 14.8 Å². The van der Waals surface area contributed by atoms with Gasteiger partial charge in [-0.05, 0) is 63.6 Å². The molecule has 0 aliphatic carbocycles. The highest BCUT2D eigenvalue weighted by Crippen LogP contribution is 2.32. The molecule has 1 atom stereocenters. The van der Waals surface area contributed by atoms with Gasteiger partial charge in [-0.2, -0.15) is 0 Å². The van der Waals surface area contributed by atoms with Crippen LogP contribution in [0.2, 0.25) is 0 Å². The monoisotopic (exact) mass is 480 g/mol. The van der Waals surface area contributed by atoms with Crippen LogP contribution in [0.5, 0.6) is 0 Å². The van der Waals surface area contributed by atoms with E-state index in [9.17, 15) is 9.59 Å². The molecule has 178 valence electrons. The van der Waals surface area contributed by atoms with Crippen molar-refractivity contribution in [1.29, 1.82) is 0 Å². The number of ether oxygens (including phenoxy) is 1. The standard InChI is InChI=1S/C24H28N6O3S/c1-24(2,3)33-23(32)30-10-4-5-13(8-11-30)15-6-7-16-19(26-15)28-20(27-16)17-18(25)14-9-12-34-22(14)29-21(17)31/h6-7,9,12-13H,4-5,8,10-11H2,1-3H3,(H3,25,29,31)(H,26,27,28). The van der Waals surface area contributed by atoms with E-state index in [1.165, 1.54) is 11.3 Å². The molecule has 4 aromatic rings. The van der Waals surface area contributed by atoms with E-state index in [1.54, 1.807) is 4.90 Å². The summed E-state index contributed by atoms with van der Waals surface area (Å²) < 4.78 is 5.54. The van der Waals surface area contributed by atoms with Gasteiger partial charge in [0.2, 0.25) is 0 Å². The predicted octanol–water partition coefficient (Wildman–Crippen LogP) is 4.61. The number of anilines is 1. The van der Waals surface area contributed by atoms with Crippen LogP contribution in [0.25, 0.3) is 32.8 Å². The van der Waals surface area contributed by atoms with Crippen LogP contribution in [0.3, 0.4) is 0 Å². The van der Waals surface area contributed by atoms with Gasteiger partial charge in [0.1, 0.15) is 21.8 Å². The number of aromatic amines is 2. The molecule has 9 nitrogen and oxygen atoms in total. The number of pyridine rings is 2. The van der Waals surface area contributed by atoms with Gasteiger partial charge in [-0.1, -0.05) is 0 Å². The Morgan fingerprint density at radius 3 is 2.79 bits per heavy atom. The molecule has 1 aliphatic heterocycles. The average molecular weight is 481 g/mol. The lowest BCUT2D eigenvalue weighted by atomic mass is 9.96. The second-order valence-electron chi connectivity index (χ2n) is 9.69. The fraction of sp³-hybridized carbons (Fsp3) is 0.417. The van der Waals surface area contributed by atoms with Gasteiger partial charge in [0.15, 0.2) is 5.65 Å². The molecule has 0 aromatic carbocycles. The molecule has 1 unspecified atom stereocenters. The lowest BCUT2D eigenvalue weighted by molar-refractivity contribution is 0.0256. The highest BCUT2D eigenvalue weighted by molar-refractivity contribution is 7.16. The zero-order valence-electron chi connectivity index (χ0n) is 19.5. The zero-order valence-corrected chi connectivity index (χ0v) is 20.3. The molecule has 1 aliphatic rings. The first-order valence-electron chi connectivity index (χ1n) is 11.4. The number of likely N-dealkylation sites (tertiary alicyclic amines) is 1. The Labute approximate surface area is 200 Å². The molecule has 34 heavy (non-hydrogen) atoms. The number of carbonyl (C=O) groups is 1. The Bertz CT molecular complexity index is 1430. The van der Waals surface area contributed by atoms with Gasteiger partial charge in [0.25, 0.3) is 5.56 Å². The van der Waals surface area contributed by atoms with E-state index in [4.69, 9.17) is 15.5 Å². The normalized spacial score (nSPS) is 17.3. The molecule has 0 spiro atoms. The smallest absolute Gasteiger partial charge is 0.410 e. The van der Waals surface area contributed by atoms with Crippen molar-refractivity contribution >= 4 is 44.5 Å². The fourth-order valence-electron chi connectivity index (χ4n) is 4.43. The first-order chi connectivity index (χ1) is 16.2. The minimum absolute atomic E-state index is 0.215. The highest BCUT2D eigenvalue weighted by Gasteiger charge is 2.26. The van der Waals surface area contributed by atoms with Crippen molar-refractivity contribution in [1.82, 2.24) is 24.8 Å². The third-order valence-electron chi connectivity index (χ3n) is 6.08. The van der Waals surface area contributed by atoms with Gasteiger partial charge in [0, 0.05) is 30.1 Å². The van der Waals surface area contributed by atoms with Crippen LogP contribution in [0.1, 0.15) is 51.6 Å². The van der Waals surface area contributed by atoms with E-state index < -0.39 is 5.60 Å². The molecule has 0 bridgehead atoms. The van der Waals surface area contributed by atoms with Crippen LogP contribution in [-0.2, 0) is 4.74 Å². The molecular weight excluding hydrogens is 452 g/mol. The van der Waals surface area contributed by atoms with Gasteiger partial charge >= 0.3 is 6.09 Å². The van der Waals surface area contributed by atoms with E-state index in [-0.39, 0.29) is 17.6 Å². The SMILES string of the molecule is CC(C)(C)OC(=O)N1CCCC(c2ccc3[nH]c(-c4c(N)c5ccsc5[nH]c4=O)nc3n2)CC1. The third-order valence-corrected chi connectivity index (χ3v) is 6.91. The summed E-state index contributed by atoms with van der Waals surface area (Å²) in [6.45, 7) is 6.93. The Morgan fingerprint density at radius 1 is 1.18 bits per heavy atom. The van der Waals surface area contributed by atoms with Crippen LogP contribution in [-0.4, -0.2) is 49.6 Å². The maximum Gasteiger partial charge on any atom is 0.410 e. The Balaban J connectivity index is 1.40. The summed E-state index contributed by atoms with van der Waals surface area (Å²) in [4.78, 5) is 43.2. The minimum atomic E-state index is -0.508. The maximum atomic E-state index is 12.7. The second-order valence-corrected chi connectivity index (χ2v) is 10.6. The topological polar surface area (TPSA) is 130 Å². The molecule has 4 N–H and O–H groups in total. The van der Waals surface area contributed by atoms with Crippen molar-refractivity contribution in [2.45, 2.75) is 51.6 Å². The van der Waals surface area contributed by atoms with Crippen molar-refractivity contribution in [3.05, 3.63) is 39.6 Å². The summed E-state index contributed by atoms with van der Waals surface area (Å²) in [5.41, 5.74) is 8.49. The Kier molecular flexibility index (Phi) is 5.55. The summed E-state index contributed by atoms with van der Waals surface area (Å²) in [6, 6.07) is 5.83. The number of nitrogens with one attached hydrogen (secondary N) is 2. The average Bonchev–Trinajstić information content (AvgIpc) is 3.31. The molecule has 5 rings (SSSR count). The largest absolute Gasteiger partial charge is 0.444 e. The van der Waals surface area contributed by atoms with E-state index in [2.05, 4.69) is 15.0 Å². The highest BCUT2D eigenvalue weighted by atomic mass is 32.1. The Hall–Kier alpha value is -3.40. The Morgan fingerprint density at radius 2 is 2.00 bits per heavy atom. The number of aromatic nitrogens is 4. The van der Waals surface area contributed by atoms with Gasteiger partial charge < -0.3 is 25.3 Å². The van der Waals surface area contributed by atoms with Crippen LogP contribution in [0.15, 0.2) is 28.4 Å². The van der Waals surface area contributed by atoms with E-state index in [1.807, 2.05) is 44.4 Å². The number of nitrogens with two attached hydrogens (primary N) is 1. The fourth-order valence-corrected chi connectivity index (χ4v) is 5.23. The summed E-state index contributed by atoms with van der Waals surface area (Å²) in [5.74, 6) is 0.621. The van der Waals surface area contributed by atoms with Crippen LogP contribution < -0.4 is 11.3 Å². The number of thiophene rings is 1. The number of carbonyl (C=O) groups excluding carboxylic acids is 1. The van der Waals surface area contributed by atoms with Crippen molar-refractivity contribution in [2.75, 3.05) is 18.8 Å². The minimum Gasteiger partial charge on any atom is -0.444 e. The van der Waals surface area contributed by atoms with Gasteiger partial charge in [-0.3, -0.25) is 4.79 Å². The first kappa shape index (κ1) is 22.4. The van der Waals surface area contributed by atoms with E-state index in [0.29, 0.717) is 35.8 Å². The molecule has 4 aromatic heterocycles. The van der Waals surface area contributed by atoms with Crippen molar-refractivity contribution < 1.29 is 9.53 Å². The zero-order chi connectivity index (χ0) is 24.0. The van der Waals surface area contributed by atoms with Crippen molar-refractivity contribution in [3.8, 4) is 11.4 Å². The van der Waals surface area contributed by atoms with Gasteiger partial charge in [-0.15, -0.1) is 11.3 Å². The quantitative estimate of drug-likeness (QED) is 0.384. The second kappa shape index (κ2) is 8.43. The number of H-pyrrole nitrogens is 2. The third kappa shape index (κ3) is 4.25. The van der Waals surface area contributed by atoms with Crippen LogP contribution in [0, 0.1) is 0 Å². The maximum absolute atomic E-state index is 12.7. The number of imidazole rings is 1. The van der Waals surface area contributed by atoms with Gasteiger partial charge in [0.05, 0.1) is 11.2 Å². The number of amides is 1. The number of nitrogen functional groups attached to an aromatic ring is 1. The summed E-state index contributed by atoms with van der Waals surface area (Å²) in [7, 11) is 0. The number of hydrogen-bond acceptors (Lipinski definition) is 7. The number of hydrogen-bond donors (Lipinski definition) is 3. The number of nitrogens with zero attached hydrogens (tertiary/aromatic N) is 3. The summed E-state index contributed by atoms with van der Waals surface area (Å²) >= 11 is 1.44. The van der Waals surface area contributed by atoms with E-state index >= 15 is 0 Å². The van der Waals surface area contributed by atoms with Crippen molar-refractivity contribution in [3.63, 3.8) is 0 Å². The molecule has 10 heteroatoms. The van der Waals surface area contributed by atoms with Crippen molar-refractivity contribution in [2.24, 2.45) is 0 Å². The molecule has 1 saturated heterocycles. The first-order valence-corrected chi connectivity index (χ1v) is 12.3. The lowest BCUT2D eigenvalue weighted by Gasteiger charge is -2.26. The molecule has 0 radical (unpaired) electrons. The number of rotatable bonds is 2. The van der Waals surface area contributed by atoms with E-state index in [0.717, 1.165) is 40.7 Å². The summed E-state index contributed by atoms with van der Waals surface area (Å²) in [6.07, 6.45) is 2.34. The molecule has 1 amide bonds.